The molecular weight excluding hydrogens is 444 g/mol. The molecule has 1 aromatic heterocycles. The van der Waals surface area contributed by atoms with E-state index < -0.39 is 5.91 Å². The Morgan fingerprint density at radius 2 is 1.97 bits per heavy atom. The van der Waals surface area contributed by atoms with Crippen LogP contribution in [0.25, 0.3) is 0 Å². The average Bonchev–Trinajstić information content (AvgIpc) is 2.82. The fourth-order valence-corrected chi connectivity index (χ4v) is 3.67. The lowest BCUT2D eigenvalue weighted by atomic mass is 9.88. The van der Waals surface area contributed by atoms with Crippen LogP contribution in [0.5, 0.6) is 0 Å². The molecule has 1 saturated heterocycles. The van der Waals surface area contributed by atoms with Crippen molar-refractivity contribution in [1.82, 2.24) is 25.4 Å². The fourth-order valence-electron chi connectivity index (χ4n) is 3.67. The average molecular weight is 481 g/mol. The zero-order valence-electron chi connectivity index (χ0n) is 21.0. The SMILES string of the molecule is C=CC(=O)N1CCC[C@@H](Nc2nnc(C(N)=O)c(Nc3ccc(CN[C@@H](C)C(C)(C)C)cc3)n2)C1. The van der Waals surface area contributed by atoms with Gasteiger partial charge in [-0.25, -0.2) is 0 Å². The largest absolute Gasteiger partial charge is 0.364 e. The molecule has 0 bridgehead atoms. The summed E-state index contributed by atoms with van der Waals surface area (Å²) in [5.41, 5.74) is 7.50. The van der Waals surface area contributed by atoms with E-state index in [9.17, 15) is 9.59 Å². The van der Waals surface area contributed by atoms with Crippen molar-refractivity contribution >= 4 is 29.3 Å². The maximum Gasteiger partial charge on any atom is 0.273 e. The number of hydrogen-bond acceptors (Lipinski definition) is 8. The molecule has 188 valence electrons. The number of piperidine rings is 1. The second kappa shape index (κ2) is 11.3. The first-order valence-corrected chi connectivity index (χ1v) is 11.9. The molecule has 3 rings (SSSR count). The third kappa shape index (κ3) is 7.22. The van der Waals surface area contributed by atoms with Crippen LogP contribution >= 0.6 is 0 Å². The number of anilines is 3. The molecule has 2 amide bonds. The Balaban J connectivity index is 1.69. The fraction of sp³-hybridized carbons (Fsp3) is 0.480. The summed E-state index contributed by atoms with van der Waals surface area (Å²) in [6, 6.07) is 8.18. The van der Waals surface area contributed by atoms with Gasteiger partial charge >= 0.3 is 0 Å². The van der Waals surface area contributed by atoms with E-state index in [-0.39, 0.29) is 34.8 Å². The van der Waals surface area contributed by atoms with E-state index in [0.717, 1.165) is 30.6 Å². The number of amides is 2. The number of carbonyl (C=O) groups is 2. The standard InChI is InChI=1S/C25H36N8O2/c1-6-20(34)33-13-7-8-19(15-33)29-24-30-23(21(22(26)35)31-32-24)28-18-11-9-17(10-12-18)14-27-16(2)25(3,4)5/h6,9-12,16,19,27H,1,7-8,13-15H2,2-5H3,(H2,26,35)(H2,28,29,30,32)/t16-,19+/m0/s1. The lowest BCUT2D eigenvalue weighted by Gasteiger charge is -2.32. The Morgan fingerprint density at radius 3 is 2.60 bits per heavy atom. The second-order valence-electron chi connectivity index (χ2n) is 9.96. The van der Waals surface area contributed by atoms with Gasteiger partial charge in [0.05, 0.1) is 0 Å². The molecule has 0 saturated carbocycles. The highest BCUT2D eigenvalue weighted by Gasteiger charge is 2.24. The monoisotopic (exact) mass is 480 g/mol. The zero-order valence-corrected chi connectivity index (χ0v) is 21.0. The van der Waals surface area contributed by atoms with Gasteiger partial charge in [0.1, 0.15) is 0 Å². The first-order valence-electron chi connectivity index (χ1n) is 11.9. The number of benzene rings is 1. The van der Waals surface area contributed by atoms with Crippen LogP contribution in [0.3, 0.4) is 0 Å². The van der Waals surface area contributed by atoms with Gasteiger partial charge in [-0.15, -0.1) is 10.2 Å². The predicted octanol–water partition coefficient (Wildman–Crippen LogP) is 2.83. The molecule has 0 aliphatic carbocycles. The van der Waals surface area contributed by atoms with Crippen LogP contribution in [0.2, 0.25) is 0 Å². The Labute approximate surface area is 206 Å². The van der Waals surface area contributed by atoms with Crippen molar-refractivity contribution in [1.29, 1.82) is 0 Å². The third-order valence-corrected chi connectivity index (χ3v) is 6.29. The van der Waals surface area contributed by atoms with Gasteiger partial charge in [-0.05, 0) is 49.0 Å². The summed E-state index contributed by atoms with van der Waals surface area (Å²) in [6.07, 6.45) is 3.02. The van der Waals surface area contributed by atoms with Crippen LogP contribution in [0.4, 0.5) is 17.5 Å². The molecule has 2 aromatic rings. The first-order chi connectivity index (χ1) is 16.6. The zero-order chi connectivity index (χ0) is 25.6. The van der Waals surface area contributed by atoms with E-state index in [1.807, 2.05) is 24.3 Å². The molecule has 0 radical (unpaired) electrons. The van der Waals surface area contributed by atoms with Crippen LogP contribution < -0.4 is 21.7 Å². The number of hydrogen-bond donors (Lipinski definition) is 4. The van der Waals surface area contributed by atoms with Crippen molar-refractivity contribution in [3.63, 3.8) is 0 Å². The van der Waals surface area contributed by atoms with Crippen molar-refractivity contribution in [2.24, 2.45) is 11.1 Å². The number of aromatic nitrogens is 3. The summed E-state index contributed by atoms with van der Waals surface area (Å²) >= 11 is 0. The Morgan fingerprint density at radius 1 is 1.26 bits per heavy atom. The predicted molar refractivity (Wildman–Crippen MR) is 137 cm³/mol. The molecule has 0 spiro atoms. The van der Waals surface area contributed by atoms with E-state index in [1.165, 1.54) is 6.08 Å². The lowest BCUT2D eigenvalue weighted by molar-refractivity contribution is -0.127. The van der Waals surface area contributed by atoms with Gasteiger partial charge in [0.25, 0.3) is 5.91 Å². The second-order valence-corrected chi connectivity index (χ2v) is 9.96. The minimum Gasteiger partial charge on any atom is -0.364 e. The van der Waals surface area contributed by atoms with Crippen molar-refractivity contribution in [3.05, 3.63) is 48.2 Å². The van der Waals surface area contributed by atoms with Gasteiger partial charge in [0.2, 0.25) is 11.9 Å². The Kier molecular flexibility index (Phi) is 8.39. The van der Waals surface area contributed by atoms with Gasteiger partial charge in [0.15, 0.2) is 11.5 Å². The highest BCUT2D eigenvalue weighted by atomic mass is 16.2. The molecule has 5 N–H and O–H groups in total. The number of likely N-dealkylation sites (tertiary alicyclic amines) is 1. The maximum atomic E-state index is 12.0. The molecule has 10 nitrogen and oxygen atoms in total. The summed E-state index contributed by atoms with van der Waals surface area (Å²) in [5, 5.41) is 17.9. The van der Waals surface area contributed by atoms with Gasteiger partial charge in [0, 0.05) is 37.4 Å². The molecule has 1 aliphatic rings. The normalized spacial score (nSPS) is 16.9. The molecule has 0 unspecified atom stereocenters. The number of carbonyl (C=O) groups excluding carboxylic acids is 2. The Bertz CT molecular complexity index is 1050. The van der Waals surface area contributed by atoms with Gasteiger partial charge in [-0.1, -0.05) is 39.5 Å². The molecule has 1 aliphatic heterocycles. The molecule has 1 aromatic carbocycles. The van der Waals surface area contributed by atoms with Crippen LogP contribution in [0.15, 0.2) is 36.9 Å². The maximum absolute atomic E-state index is 12.0. The number of primary amides is 1. The van der Waals surface area contributed by atoms with E-state index >= 15 is 0 Å². The van der Waals surface area contributed by atoms with E-state index in [2.05, 4.69) is 65.4 Å². The topological polar surface area (TPSA) is 138 Å². The summed E-state index contributed by atoms with van der Waals surface area (Å²) < 4.78 is 0. The molecule has 10 heteroatoms. The molecule has 2 atom stereocenters. The molecule has 35 heavy (non-hydrogen) atoms. The highest BCUT2D eigenvalue weighted by Crippen LogP contribution is 2.22. The van der Waals surface area contributed by atoms with Crippen molar-refractivity contribution < 1.29 is 9.59 Å². The lowest BCUT2D eigenvalue weighted by Crippen LogP contribution is -2.44. The number of nitrogens with two attached hydrogens (primary N) is 1. The summed E-state index contributed by atoms with van der Waals surface area (Å²) in [6.45, 7) is 14.3. The van der Waals surface area contributed by atoms with E-state index in [1.54, 1.807) is 4.90 Å². The Hall–Kier alpha value is -3.53. The van der Waals surface area contributed by atoms with Gasteiger partial charge in [-0.3, -0.25) is 9.59 Å². The molecular formula is C25H36N8O2. The van der Waals surface area contributed by atoms with Crippen LogP contribution in [-0.2, 0) is 11.3 Å². The number of nitrogens with one attached hydrogen (secondary N) is 3. The smallest absolute Gasteiger partial charge is 0.273 e. The van der Waals surface area contributed by atoms with E-state index in [4.69, 9.17) is 5.73 Å². The summed E-state index contributed by atoms with van der Waals surface area (Å²) in [4.78, 5) is 30.0. The number of nitrogens with zero attached hydrogens (tertiary/aromatic N) is 4. The van der Waals surface area contributed by atoms with Crippen LogP contribution in [0, 0.1) is 5.41 Å². The van der Waals surface area contributed by atoms with Gasteiger partial charge < -0.3 is 26.6 Å². The molecule has 1 fully saturated rings. The molecule has 2 heterocycles. The highest BCUT2D eigenvalue weighted by molar-refractivity contribution is 5.96. The van der Waals surface area contributed by atoms with Crippen LogP contribution in [-0.4, -0.2) is 57.1 Å². The van der Waals surface area contributed by atoms with Gasteiger partial charge in [-0.2, -0.15) is 4.98 Å². The first kappa shape index (κ1) is 26.1. The summed E-state index contributed by atoms with van der Waals surface area (Å²) in [5.74, 6) is -0.352. The van der Waals surface area contributed by atoms with Crippen LogP contribution in [0.1, 0.15) is 56.6 Å². The number of rotatable bonds is 9. The van der Waals surface area contributed by atoms with E-state index in [0.29, 0.717) is 19.1 Å². The van der Waals surface area contributed by atoms with Crippen molar-refractivity contribution in [2.45, 2.75) is 59.2 Å². The van der Waals surface area contributed by atoms with Crippen molar-refractivity contribution in [2.75, 3.05) is 23.7 Å². The summed E-state index contributed by atoms with van der Waals surface area (Å²) in [7, 11) is 0. The third-order valence-electron chi connectivity index (χ3n) is 6.29. The van der Waals surface area contributed by atoms with Crippen molar-refractivity contribution in [3.8, 4) is 0 Å². The minimum atomic E-state index is -0.726. The quantitative estimate of drug-likeness (QED) is 0.402. The minimum absolute atomic E-state index is 0.0380.